The summed E-state index contributed by atoms with van der Waals surface area (Å²) in [5.41, 5.74) is 6.25. The Balaban J connectivity index is 2.75. The monoisotopic (exact) mass is 208 g/mol. The lowest BCUT2D eigenvalue weighted by Gasteiger charge is -2.17. The van der Waals surface area contributed by atoms with Crippen LogP contribution in [-0.4, -0.2) is 31.5 Å². The van der Waals surface area contributed by atoms with Gasteiger partial charge in [0.25, 0.3) is 0 Å². The molecule has 0 aliphatic rings. The Morgan fingerprint density at radius 1 is 1.47 bits per heavy atom. The number of likely N-dealkylation sites (N-methyl/N-ethyl adjacent to an activating group) is 1. The minimum Gasteiger partial charge on any atom is -0.496 e. The van der Waals surface area contributed by atoms with Gasteiger partial charge in [-0.3, -0.25) is 4.79 Å². The minimum atomic E-state index is -0.0825. The molecule has 0 aliphatic heterocycles. The first-order chi connectivity index (χ1) is 7.19. The predicted octanol–water partition coefficient (Wildman–Crippen LogP) is 0.612. The second-order valence-electron chi connectivity index (χ2n) is 3.27. The number of benzene rings is 1. The van der Waals surface area contributed by atoms with Crippen molar-refractivity contribution in [3.63, 3.8) is 0 Å². The van der Waals surface area contributed by atoms with Gasteiger partial charge in [-0.05, 0) is 6.07 Å². The van der Waals surface area contributed by atoms with E-state index in [1.54, 1.807) is 19.1 Å². The van der Waals surface area contributed by atoms with Gasteiger partial charge in [0, 0.05) is 19.2 Å². The molecule has 4 heteroatoms. The molecule has 0 bridgehead atoms. The zero-order valence-electron chi connectivity index (χ0n) is 9.06. The van der Waals surface area contributed by atoms with Gasteiger partial charge in [0.15, 0.2) is 0 Å². The van der Waals surface area contributed by atoms with Crippen LogP contribution in [0.3, 0.4) is 0 Å². The second-order valence-corrected chi connectivity index (χ2v) is 3.27. The summed E-state index contributed by atoms with van der Waals surface area (Å²) in [6, 6.07) is 7.61. The molecule has 1 aromatic rings. The van der Waals surface area contributed by atoms with Crippen molar-refractivity contribution in [3.05, 3.63) is 29.8 Å². The number of amides is 1. The van der Waals surface area contributed by atoms with Gasteiger partial charge in [-0.25, -0.2) is 0 Å². The number of methoxy groups -OCH3 is 1. The summed E-state index contributed by atoms with van der Waals surface area (Å²) in [7, 11) is 3.34. The van der Waals surface area contributed by atoms with Crippen molar-refractivity contribution in [2.45, 2.75) is 6.54 Å². The van der Waals surface area contributed by atoms with Gasteiger partial charge >= 0.3 is 0 Å². The SMILES string of the molecule is COc1ccccc1CN(C)C(=O)CN. The Morgan fingerprint density at radius 2 is 2.13 bits per heavy atom. The normalized spacial score (nSPS) is 9.80. The molecule has 0 fully saturated rings. The number of nitrogens with two attached hydrogens (primary N) is 1. The molecule has 2 N–H and O–H groups in total. The van der Waals surface area contributed by atoms with Crippen LogP contribution in [0.25, 0.3) is 0 Å². The molecule has 82 valence electrons. The lowest BCUT2D eigenvalue weighted by molar-refractivity contribution is -0.128. The van der Waals surface area contributed by atoms with E-state index < -0.39 is 0 Å². The van der Waals surface area contributed by atoms with Crippen molar-refractivity contribution in [2.75, 3.05) is 20.7 Å². The van der Waals surface area contributed by atoms with E-state index in [0.717, 1.165) is 11.3 Å². The molecule has 1 rings (SSSR count). The summed E-state index contributed by atoms with van der Waals surface area (Å²) in [5.74, 6) is 0.704. The van der Waals surface area contributed by atoms with Crippen LogP contribution in [0.15, 0.2) is 24.3 Å². The predicted molar refractivity (Wildman–Crippen MR) is 58.5 cm³/mol. The Kier molecular flexibility index (Phi) is 4.12. The maximum Gasteiger partial charge on any atom is 0.236 e. The van der Waals surface area contributed by atoms with E-state index in [0.29, 0.717) is 6.54 Å². The molecule has 4 nitrogen and oxygen atoms in total. The first kappa shape index (κ1) is 11.5. The van der Waals surface area contributed by atoms with Crippen molar-refractivity contribution >= 4 is 5.91 Å². The molecule has 0 atom stereocenters. The quantitative estimate of drug-likeness (QED) is 0.788. The molecule has 0 unspecified atom stereocenters. The molecular weight excluding hydrogens is 192 g/mol. The highest BCUT2D eigenvalue weighted by atomic mass is 16.5. The first-order valence-corrected chi connectivity index (χ1v) is 4.75. The largest absolute Gasteiger partial charge is 0.496 e. The number of hydrogen-bond acceptors (Lipinski definition) is 3. The van der Waals surface area contributed by atoms with Crippen molar-refractivity contribution in [2.24, 2.45) is 5.73 Å². The van der Waals surface area contributed by atoms with Crippen molar-refractivity contribution in [1.82, 2.24) is 4.90 Å². The number of nitrogens with zero attached hydrogens (tertiary/aromatic N) is 1. The molecule has 1 aromatic carbocycles. The molecular formula is C11H16N2O2. The maximum atomic E-state index is 11.3. The van der Waals surface area contributed by atoms with Gasteiger partial charge in [-0.1, -0.05) is 18.2 Å². The third-order valence-corrected chi connectivity index (χ3v) is 2.20. The van der Waals surface area contributed by atoms with Crippen LogP contribution in [0.5, 0.6) is 5.75 Å². The minimum absolute atomic E-state index is 0.0334. The van der Waals surface area contributed by atoms with Gasteiger partial charge in [-0.2, -0.15) is 0 Å². The zero-order chi connectivity index (χ0) is 11.3. The Hall–Kier alpha value is -1.55. The van der Waals surface area contributed by atoms with Crippen LogP contribution < -0.4 is 10.5 Å². The average Bonchev–Trinajstić information content (AvgIpc) is 2.28. The van der Waals surface area contributed by atoms with E-state index in [1.807, 2.05) is 24.3 Å². The molecule has 0 heterocycles. The number of carbonyl (C=O) groups excluding carboxylic acids is 1. The van der Waals surface area contributed by atoms with Crippen LogP contribution in [0.2, 0.25) is 0 Å². The van der Waals surface area contributed by atoms with Gasteiger partial charge in [-0.15, -0.1) is 0 Å². The summed E-state index contributed by atoms with van der Waals surface area (Å²) < 4.78 is 5.19. The molecule has 0 radical (unpaired) electrons. The summed E-state index contributed by atoms with van der Waals surface area (Å²) >= 11 is 0. The van der Waals surface area contributed by atoms with E-state index >= 15 is 0 Å². The second kappa shape index (κ2) is 5.36. The third-order valence-electron chi connectivity index (χ3n) is 2.20. The van der Waals surface area contributed by atoms with Gasteiger partial charge in [0.2, 0.25) is 5.91 Å². The van der Waals surface area contributed by atoms with E-state index in [-0.39, 0.29) is 12.5 Å². The number of carbonyl (C=O) groups is 1. The van der Waals surface area contributed by atoms with E-state index in [1.165, 1.54) is 0 Å². The summed E-state index contributed by atoms with van der Waals surface area (Å²) in [5, 5.41) is 0. The van der Waals surface area contributed by atoms with Gasteiger partial charge < -0.3 is 15.4 Å². The fourth-order valence-electron chi connectivity index (χ4n) is 1.33. The van der Waals surface area contributed by atoms with Crippen LogP contribution in [0.1, 0.15) is 5.56 Å². The Labute approximate surface area is 89.6 Å². The molecule has 0 aromatic heterocycles. The fraction of sp³-hybridized carbons (Fsp3) is 0.364. The van der Waals surface area contributed by atoms with Gasteiger partial charge in [0.1, 0.15) is 5.75 Å². The van der Waals surface area contributed by atoms with Crippen LogP contribution in [0.4, 0.5) is 0 Å². The van der Waals surface area contributed by atoms with Crippen molar-refractivity contribution in [3.8, 4) is 5.75 Å². The van der Waals surface area contributed by atoms with Crippen LogP contribution >= 0.6 is 0 Å². The zero-order valence-corrected chi connectivity index (χ0v) is 9.06. The van der Waals surface area contributed by atoms with E-state index in [9.17, 15) is 4.79 Å². The third kappa shape index (κ3) is 2.95. The highest BCUT2D eigenvalue weighted by Gasteiger charge is 2.09. The highest BCUT2D eigenvalue weighted by molar-refractivity contribution is 5.77. The standard InChI is InChI=1S/C11H16N2O2/c1-13(11(14)7-12)8-9-5-3-4-6-10(9)15-2/h3-6H,7-8,12H2,1-2H3. The number of hydrogen-bond donors (Lipinski definition) is 1. The van der Waals surface area contributed by atoms with E-state index in [4.69, 9.17) is 10.5 Å². The highest BCUT2D eigenvalue weighted by Crippen LogP contribution is 2.18. The molecule has 0 saturated heterocycles. The molecule has 0 saturated carbocycles. The average molecular weight is 208 g/mol. The first-order valence-electron chi connectivity index (χ1n) is 4.75. The van der Waals surface area contributed by atoms with Crippen molar-refractivity contribution < 1.29 is 9.53 Å². The topological polar surface area (TPSA) is 55.6 Å². The van der Waals surface area contributed by atoms with E-state index in [2.05, 4.69) is 0 Å². The summed E-state index contributed by atoms with van der Waals surface area (Å²) in [6.45, 7) is 0.547. The lowest BCUT2D eigenvalue weighted by Crippen LogP contribution is -2.32. The number of para-hydroxylation sites is 1. The Morgan fingerprint density at radius 3 is 2.73 bits per heavy atom. The number of rotatable bonds is 4. The molecule has 1 amide bonds. The summed E-state index contributed by atoms with van der Waals surface area (Å²) in [4.78, 5) is 12.9. The molecule has 15 heavy (non-hydrogen) atoms. The van der Waals surface area contributed by atoms with Crippen molar-refractivity contribution in [1.29, 1.82) is 0 Å². The number of ether oxygens (including phenoxy) is 1. The molecule has 0 spiro atoms. The van der Waals surface area contributed by atoms with Gasteiger partial charge in [0.05, 0.1) is 13.7 Å². The maximum absolute atomic E-state index is 11.3. The summed E-state index contributed by atoms with van der Waals surface area (Å²) in [6.07, 6.45) is 0. The molecule has 0 aliphatic carbocycles. The fourth-order valence-corrected chi connectivity index (χ4v) is 1.33. The Bertz CT molecular complexity index is 339. The lowest BCUT2D eigenvalue weighted by atomic mass is 10.2. The smallest absolute Gasteiger partial charge is 0.236 e. The van der Waals surface area contributed by atoms with Crippen LogP contribution in [-0.2, 0) is 11.3 Å². The van der Waals surface area contributed by atoms with Crippen LogP contribution in [0, 0.1) is 0 Å².